The van der Waals surface area contributed by atoms with E-state index >= 15 is 0 Å². The van der Waals surface area contributed by atoms with E-state index in [1.807, 2.05) is 6.07 Å². The van der Waals surface area contributed by atoms with Crippen LogP contribution in [0.15, 0.2) is 18.2 Å². The van der Waals surface area contributed by atoms with Gasteiger partial charge in [0.2, 0.25) is 5.91 Å². The molecule has 0 saturated carbocycles. The van der Waals surface area contributed by atoms with Gasteiger partial charge >= 0.3 is 0 Å². The third-order valence-electron chi connectivity index (χ3n) is 2.83. The van der Waals surface area contributed by atoms with Crippen LogP contribution in [0.4, 0.5) is 10.1 Å². The van der Waals surface area contributed by atoms with Crippen LogP contribution in [-0.2, 0) is 4.79 Å². The lowest BCUT2D eigenvalue weighted by Crippen LogP contribution is -2.11. The molecule has 1 aliphatic rings. The highest BCUT2D eigenvalue weighted by Crippen LogP contribution is 2.36. The van der Waals surface area contributed by atoms with Gasteiger partial charge in [-0.1, -0.05) is 31.9 Å². The number of carbonyl (C=O) groups excluding carboxylic acids is 1. The molecule has 1 aromatic carbocycles. The standard InChI is InChI=1S/C12H14FNO/c1-2-3-5-9-8-6-4-7-10(13)11(8)14-12(9)15/h4,6-7,9H,2-3,5H2,1H3,(H,14,15). The van der Waals surface area contributed by atoms with Crippen LogP contribution < -0.4 is 5.32 Å². The van der Waals surface area contributed by atoms with Gasteiger partial charge in [0, 0.05) is 0 Å². The van der Waals surface area contributed by atoms with Gasteiger partial charge in [-0.15, -0.1) is 0 Å². The van der Waals surface area contributed by atoms with Crippen molar-refractivity contribution in [3.05, 3.63) is 29.6 Å². The molecular weight excluding hydrogens is 193 g/mol. The minimum absolute atomic E-state index is 0.0662. The Kier molecular flexibility index (Phi) is 2.71. The Labute approximate surface area is 88.5 Å². The largest absolute Gasteiger partial charge is 0.323 e. The quantitative estimate of drug-likeness (QED) is 0.810. The molecule has 1 aliphatic heterocycles. The first kappa shape index (κ1) is 10.1. The molecule has 0 spiro atoms. The Balaban J connectivity index is 2.29. The third-order valence-corrected chi connectivity index (χ3v) is 2.83. The average molecular weight is 207 g/mol. The van der Waals surface area contributed by atoms with Crippen molar-refractivity contribution in [3.63, 3.8) is 0 Å². The van der Waals surface area contributed by atoms with Crippen molar-refractivity contribution < 1.29 is 9.18 Å². The van der Waals surface area contributed by atoms with Crippen molar-refractivity contribution in [3.8, 4) is 0 Å². The predicted octanol–water partition coefficient (Wildman–Crippen LogP) is 3.05. The summed E-state index contributed by atoms with van der Waals surface area (Å²) >= 11 is 0. The molecule has 80 valence electrons. The number of hydrogen-bond donors (Lipinski definition) is 1. The van der Waals surface area contributed by atoms with E-state index in [-0.39, 0.29) is 17.6 Å². The van der Waals surface area contributed by atoms with Gasteiger partial charge in [-0.05, 0) is 18.1 Å². The number of unbranched alkanes of at least 4 members (excludes halogenated alkanes) is 1. The molecule has 1 unspecified atom stereocenters. The number of para-hydroxylation sites is 1. The third kappa shape index (κ3) is 1.74. The van der Waals surface area contributed by atoms with Gasteiger partial charge in [-0.3, -0.25) is 4.79 Å². The van der Waals surface area contributed by atoms with Gasteiger partial charge in [0.1, 0.15) is 5.82 Å². The predicted molar refractivity (Wildman–Crippen MR) is 57.3 cm³/mol. The second-order valence-electron chi connectivity index (χ2n) is 3.89. The number of carbonyl (C=O) groups is 1. The molecular formula is C12H14FNO. The normalized spacial score (nSPS) is 18.8. The Bertz CT molecular complexity index is 389. The molecule has 0 saturated heterocycles. The smallest absolute Gasteiger partial charge is 0.232 e. The summed E-state index contributed by atoms with van der Waals surface area (Å²) in [7, 11) is 0. The number of fused-ring (bicyclic) bond motifs is 1. The fourth-order valence-corrected chi connectivity index (χ4v) is 2.01. The van der Waals surface area contributed by atoms with Crippen molar-refractivity contribution in [2.75, 3.05) is 5.32 Å². The van der Waals surface area contributed by atoms with Gasteiger partial charge in [0.15, 0.2) is 0 Å². The maximum Gasteiger partial charge on any atom is 0.232 e. The summed E-state index contributed by atoms with van der Waals surface area (Å²) in [6, 6.07) is 4.87. The summed E-state index contributed by atoms with van der Waals surface area (Å²) in [5, 5.41) is 2.61. The van der Waals surface area contributed by atoms with Gasteiger partial charge in [0.25, 0.3) is 0 Å². The first-order valence-corrected chi connectivity index (χ1v) is 5.33. The van der Waals surface area contributed by atoms with Crippen molar-refractivity contribution in [1.29, 1.82) is 0 Å². The molecule has 3 heteroatoms. The van der Waals surface area contributed by atoms with Crippen molar-refractivity contribution >= 4 is 11.6 Å². The molecule has 0 bridgehead atoms. The van der Waals surface area contributed by atoms with E-state index in [0.717, 1.165) is 24.8 Å². The maximum atomic E-state index is 13.3. The topological polar surface area (TPSA) is 29.1 Å². The molecule has 1 aromatic rings. The lowest BCUT2D eigenvalue weighted by atomic mass is 9.95. The van der Waals surface area contributed by atoms with Crippen LogP contribution in [0, 0.1) is 5.82 Å². The highest BCUT2D eigenvalue weighted by molar-refractivity contribution is 6.02. The lowest BCUT2D eigenvalue weighted by molar-refractivity contribution is -0.117. The summed E-state index contributed by atoms with van der Waals surface area (Å²) in [5.74, 6) is -0.556. The molecule has 1 N–H and O–H groups in total. The minimum Gasteiger partial charge on any atom is -0.323 e. The zero-order valence-corrected chi connectivity index (χ0v) is 8.72. The molecule has 0 radical (unpaired) electrons. The second kappa shape index (κ2) is 4.01. The van der Waals surface area contributed by atoms with E-state index in [4.69, 9.17) is 0 Å². The SMILES string of the molecule is CCCCC1C(=O)Nc2c(F)cccc21. The zero-order valence-electron chi connectivity index (χ0n) is 8.72. The van der Waals surface area contributed by atoms with E-state index < -0.39 is 0 Å². The Morgan fingerprint density at radius 2 is 2.27 bits per heavy atom. The van der Waals surface area contributed by atoms with Gasteiger partial charge in [-0.25, -0.2) is 4.39 Å². The monoisotopic (exact) mass is 207 g/mol. The summed E-state index contributed by atoms with van der Waals surface area (Å²) in [5.41, 5.74) is 1.19. The summed E-state index contributed by atoms with van der Waals surface area (Å²) < 4.78 is 13.3. The lowest BCUT2D eigenvalue weighted by Gasteiger charge is -2.06. The molecule has 15 heavy (non-hydrogen) atoms. The maximum absolute atomic E-state index is 13.3. The van der Waals surface area contributed by atoms with E-state index in [2.05, 4.69) is 12.2 Å². The van der Waals surface area contributed by atoms with Crippen LogP contribution in [0.5, 0.6) is 0 Å². The summed E-state index contributed by atoms with van der Waals surface area (Å²) in [6.45, 7) is 2.08. The first-order chi connectivity index (χ1) is 7.24. The number of hydrogen-bond acceptors (Lipinski definition) is 1. The minimum atomic E-state index is -0.333. The van der Waals surface area contributed by atoms with E-state index in [1.165, 1.54) is 6.07 Å². The fourth-order valence-electron chi connectivity index (χ4n) is 2.01. The summed E-state index contributed by atoms with van der Waals surface area (Å²) in [4.78, 5) is 11.6. The molecule has 0 aromatic heterocycles. The van der Waals surface area contributed by atoms with Crippen molar-refractivity contribution in [2.24, 2.45) is 0 Å². The second-order valence-corrected chi connectivity index (χ2v) is 3.89. The number of rotatable bonds is 3. The number of nitrogens with one attached hydrogen (secondary N) is 1. The van der Waals surface area contributed by atoms with Gasteiger partial charge in [0.05, 0.1) is 11.6 Å². The number of benzene rings is 1. The van der Waals surface area contributed by atoms with Crippen LogP contribution in [0.1, 0.15) is 37.7 Å². The van der Waals surface area contributed by atoms with Crippen molar-refractivity contribution in [2.45, 2.75) is 32.1 Å². The van der Waals surface area contributed by atoms with E-state index in [0.29, 0.717) is 5.69 Å². The van der Waals surface area contributed by atoms with E-state index in [1.54, 1.807) is 6.07 Å². The van der Waals surface area contributed by atoms with Gasteiger partial charge in [-0.2, -0.15) is 0 Å². The van der Waals surface area contributed by atoms with Crippen LogP contribution in [0.25, 0.3) is 0 Å². The molecule has 1 amide bonds. The molecule has 1 atom stereocenters. The highest BCUT2D eigenvalue weighted by atomic mass is 19.1. The number of halogens is 1. The van der Waals surface area contributed by atoms with Crippen LogP contribution in [-0.4, -0.2) is 5.91 Å². The fraction of sp³-hybridized carbons (Fsp3) is 0.417. The molecule has 1 heterocycles. The zero-order chi connectivity index (χ0) is 10.8. The van der Waals surface area contributed by atoms with E-state index in [9.17, 15) is 9.18 Å². The highest BCUT2D eigenvalue weighted by Gasteiger charge is 2.31. The number of anilines is 1. The Morgan fingerprint density at radius 1 is 1.47 bits per heavy atom. The average Bonchev–Trinajstić information content (AvgIpc) is 2.54. The van der Waals surface area contributed by atoms with Crippen molar-refractivity contribution in [1.82, 2.24) is 0 Å². The Morgan fingerprint density at radius 3 is 3.00 bits per heavy atom. The number of amides is 1. The van der Waals surface area contributed by atoms with Crippen LogP contribution in [0.3, 0.4) is 0 Å². The molecule has 2 nitrogen and oxygen atoms in total. The first-order valence-electron chi connectivity index (χ1n) is 5.33. The molecule has 0 fully saturated rings. The molecule has 2 rings (SSSR count). The molecule has 0 aliphatic carbocycles. The van der Waals surface area contributed by atoms with Gasteiger partial charge < -0.3 is 5.32 Å². The van der Waals surface area contributed by atoms with Crippen LogP contribution in [0.2, 0.25) is 0 Å². The van der Waals surface area contributed by atoms with Crippen LogP contribution >= 0.6 is 0 Å². The summed E-state index contributed by atoms with van der Waals surface area (Å²) in [6.07, 6.45) is 2.85. The Hall–Kier alpha value is -1.38.